The molecule has 0 amide bonds. The van der Waals surface area contributed by atoms with E-state index in [2.05, 4.69) is 45.1 Å². The molecule has 0 aromatic heterocycles. The van der Waals surface area contributed by atoms with Gasteiger partial charge in [-0.15, -0.1) is 0 Å². The first kappa shape index (κ1) is 45.0. The number of hydrogen-bond donors (Lipinski definition) is 2. The molecule has 1 aliphatic heterocycles. The van der Waals surface area contributed by atoms with Crippen molar-refractivity contribution < 1.29 is 44.0 Å². The summed E-state index contributed by atoms with van der Waals surface area (Å²) in [7, 11) is -11.6. The molecule has 2 aliphatic rings. The number of esters is 1. The molecule has 2 N–H and O–H groups in total. The number of carbonyl (C=O) groups is 1. The minimum Gasteiger partial charge on any atom is -0.460 e. The summed E-state index contributed by atoms with van der Waals surface area (Å²) in [5.74, 6) is 0.255. The van der Waals surface area contributed by atoms with Crippen LogP contribution in [0, 0.1) is 12.3 Å². The summed E-state index contributed by atoms with van der Waals surface area (Å²) in [5.41, 5.74) is 0.0427. The summed E-state index contributed by atoms with van der Waals surface area (Å²) in [4.78, 5) is 17.1. The highest BCUT2D eigenvalue weighted by Gasteiger charge is 2.49. The van der Waals surface area contributed by atoms with Crippen LogP contribution in [0.5, 0.6) is 0 Å². The Morgan fingerprint density at radius 1 is 0.820 bits per heavy atom. The molecule has 322 valence electrons. The zero-order valence-corrected chi connectivity index (χ0v) is 36.7. The largest absolute Gasteiger partial charge is 0.512 e. The summed E-state index contributed by atoms with van der Waals surface area (Å²) in [6.45, 7) is 15.8. The van der Waals surface area contributed by atoms with Crippen molar-refractivity contribution in [1.82, 2.24) is 4.13 Å². The Labute approximate surface area is 354 Å². The molecule has 10 nitrogen and oxygen atoms in total. The fourth-order valence-electron chi connectivity index (χ4n) is 6.91. The molecule has 4 aromatic carbocycles. The number of rotatable bonds is 13. The van der Waals surface area contributed by atoms with Gasteiger partial charge < -0.3 is 14.5 Å². The maximum absolute atomic E-state index is 13.6. The number of alkyl halides is 3. The molecule has 0 fully saturated rings. The van der Waals surface area contributed by atoms with Gasteiger partial charge in [-0.25, -0.2) is 21.8 Å². The number of aryl methyl sites for hydroxylation is 1. The van der Waals surface area contributed by atoms with Crippen LogP contribution in [0.2, 0.25) is 0 Å². The SMILES string of the molecule is CCC(C)(C)C(=O)OCc1cccc(C)c1N=c1ccc2c(-c3ccccc3S(=O)(=O)NS(=O)(=O)C(F)(F)F)c3ccc(Nc4c(C(C)C)cccc4C(C)C)cc3oc-2c1. The van der Waals surface area contributed by atoms with Crippen molar-refractivity contribution in [1.29, 1.82) is 0 Å². The Balaban J connectivity index is 1.59. The van der Waals surface area contributed by atoms with Crippen molar-refractivity contribution in [3.63, 3.8) is 0 Å². The molecule has 61 heavy (non-hydrogen) atoms. The molecular formula is C46H48F3N3O7S2. The zero-order chi connectivity index (χ0) is 44.7. The maximum atomic E-state index is 13.6. The molecule has 0 spiro atoms. The van der Waals surface area contributed by atoms with Crippen molar-refractivity contribution in [2.45, 2.75) is 90.7 Å². The monoisotopic (exact) mass is 875 g/mol. The van der Waals surface area contributed by atoms with E-state index < -0.39 is 35.9 Å². The lowest BCUT2D eigenvalue weighted by molar-refractivity contribution is -0.155. The first-order valence-electron chi connectivity index (χ1n) is 19.7. The predicted octanol–water partition coefficient (Wildman–Crippen LogP) is 11.3. The van der Waals surface area contributed by atoms with Gasteiger partial charge in [0.25, 0.3) is 10.0 Å². The average Bonchev–Trinajstić information content (AvgIpc) is 3.19. The van der Waals surface area contributed by atoms with Gasteiger partial charge >= 0.3 is 21.5 Å². The quantitative estimate of drug-likeness (QED) is 0.0862. The van der Waals surface area contributed by atoms with Crippen LogP contribution in [0.4, 0.5) is 30.2 Å². The first-order chi connectivity index (χ1) is 28.5. The van der Waals surface area contributed by atoms with Crippen LogP contribution in [0.3, 0.4) is 0 Å². The number of fused-ring (bicyclic) bond motifs is 2. The van der Waals surface area contributed by atoms with Crippen molar-refractivity contribution in [2.75, 3.05) is 5.32 Å². The number of benzene rings is 5. The van der Waals surface area contributed by atoms with E-state index in [1.165, 1.54) is 18.2 Å². The van der Waals surface area contributed by atoms with E-state index >= 15 is 0 Å². The summed E-state index contributed by atoms with van der Waals surface area (Å²) in [6, 6.07) is 27.1. The van der Waals surface area contributed by atoms with Crippen molar-refractivity contribution in [3.05, 3.63) is 125 Å². The number of nitrogens with zero attached hydrogens (tertiary/aromatic N) is 1. The molecule has 15 heteroatoms. The van der Waals surface area contributed by atoms with E-state index in [4.69, 9.17) is 14.1 Å². The van der Waals surface area contributed by atoms with E-state index in [-0.39, 0.29) is 46.9 Å². The Hall–Kier alpha value is -5.51. The molecule has 0 unspecified atom stereocenters. The topological polar surface area (TPSA) is 144 Å². The summed E-state index contributed by atoms with van der Waals surface area (Å²) >= 11 is 0. The van der Waals surface area contributed by atoms with E-state index in [9.17, 15) is 34.8 Å². The molecule has 1 heterocycles. The highest BCUT2D eigenvalue weighted by molar-refractivity contribution is 8.05. The number of anilines is 2. The van der Waals surface area contributed by atoms with Gasteiger partial charge in [0.1, 0.15) is 18.0 Å². The van der Waals surface area contributed by atoms with Crippen LogP contribution >= 0.6 is 0 Å². The van der Waals surface area contributed by atoms with E-state index in [1.54, 1.807) is 36.4 Å². The lowest BCUT2D eigenvalue weighted by atomic mass is 9.91. The van der Waals surface area contributed by atoms with Gasteiger partial charge in [0.2, 0.25) is 0 Å². The third-order valence-corrected chi connectivity index (χ3v) is 14.0. The van der Waals surface area contributed by atoms with Crippen LogP contribution in [0.1, 0.15) is 89.0 Å². The zero-order valence-electron chi connectivity index (χ0n) is 35.1. The molecule has 0 atom stereocenters. The van der Waals surface area contributed by atoms with Crippen molar-refractivity contribution in [2.24, 2.45) is 10.4 Å². The number of sulfonamides is 2. The highest BCUT2D eigenvalue weighted by Crippen LogP contribution is 2.44. The van der Waals surface area contributed by atoms with Crippen LogP contribution in [0.15, 0.2) is 111 Å². The number of para-hydroxylation sites is 2. The number of halogens is 3. The standard InChI is InChI=1S/C46H48F3N3O7S2/c1-9-45(7,8)44(53)58-26-30-15-12-14-29(6)42(30)50-31-20-22-35-38(24-31)59-39-25-32(51-43-33(27(2)3)17-13-18-34(43)28(4)5)21-23-36(39)41(35)37-16-10-11-19-40(37)60(54,55)52-61(56,57)46(47,48)49/h10-25,27-28,51-52H,9,26H2,1-8H3. The summed E-state index contributed by atoms with van der Waals surface area (Å²) < 4.78 is 105. The lowest BCUT2D eigenvalue weighted by Gasteiger charge is -2.22. The van der Waals surface area contributed by atoms with E-state index in [0.717, 1.165) is 32.6 Å². The van der Waals surface area contributed by atoms with E-state index in [1.807, 2.05) is 52.0 Å². The highest BCUT2D eigenvalue weighted by atomic mass is 32.3. The minimum atomic E-state index is -6.31. The molecule has 0 bridgehead atoms. The number of hydrogen-bond acceptors (Lipinski definition) is 9. The minimum absolute atomic E-state index is 0.0207. The van der Waals surface area contributed by atoms with Gasteiger partial charge in [0, 0.05) is 51.1 Å². The second-order valence-corrected chi connectivity index (χ2v) is 19.7. The van der Waals surface area contributed by atoms with Crippen LogP contribution in [-0.2, 0) is 36.2 Å². The number of ether oxygens (including phenoxy) is 1. The molecule has 6 rings (SSSR count). The lowest BCUT2D eigenvalue weighted by Crippen LogP contribution is -2.40. The second kappa shape index (κ2) is 17.1. The van der Waals surface area contributed by atoms with Crippen LogP contribution < -0.4 is 14.8 Å². The van der Waals surface area contributed by atoms with Crippen LogP contribution in [0.25, 0.3) is 33.4 Å². The third kappa shape index (κ3) is 9.38. The summed E-state index contributed by atoms with van der Waals surface area (Å²) in [5, 5.41) is 4.40. The number of nitrogens with one attached hydrogen (secondary N) is 2. The maximum Gasteiger partial charge on any atom is 0.512 e. The summed E-state index contributed by atoms with van der Waals surface area (Å²) in [6.07, 6.45) is 0.593. The van der Waals surface area contributed by atoms with Gasteiger partial charge in [-0.3, -0.25) is 4.79 Å². The van der Waals surface area contributed by atoms with Gasteiger partial charge in [-0.2, -0.15) is 13.2 Å². The van der Waals surface area contributed by atoms with Crippen molar-refractivity contribution >= 4 is 54.0 Å². The first-order valence-corrected chi connectivity index (χ1v) is 22.7. The third-order valence-electron chi connectivity index (χ3n) is 10.7. The number of carbonyl (C=O) groups excluding carboxylic acids is 1. The van der Waals surface area contributed by atoms with Gasteiger partial charge in [-0.1, -0.05) is 93.3 Å². The Bertz CT molecular complexity index is 2880. The van der Waals surface area contributed by atoms with Crippen LogP contribution in [-0.4, -0.2) is 28.3 Å². The predicted molar refractivity (Wildman–Crippen MR) is 232 cm³/mol. The Morgan fingerprint density at radius 3 is 2.11 bits per heavy atom. The molecule has 1 aliphatic carbocycles. The Morgan fingerprint density at radius 2 is 1.48 bits per heavy atom. The van der Waals surface area contributed by atoms with Gasteiger partial charge in [-0.05, 0) is 86.1 Å². The average molecular weight is 876 g/mol. The molecule has 0 saturated carbocycles. The molecule has 4 aromatic rings. The van der Waals surface area contributed by atoms with Crippen molar-refractivity contribution in [3.8, 4) is 22.5 Å². The van der Waals surface area contributed by atoms with E-state index in [0.29, 0.717) is 39.7 Å². The van der Waals surface area contributed by atoms with Gasteiger partial charge in [0.05, 0.1) is 21.4 Å². The molecule has 0 radical (unpaired) electrons. The fraction of sp³-hybridized carbons (Fsp3) is 0.304. The second-order valence-electron chi connectivity index (χ2n) is 16.2. The molecule has 0 saturated heterocycles. The normalized spacial score (nSPS) is 13.1. The fourth-order valence-corrected chi connectivity index (χ4v) is 9.52. The Kier molecular flexibility index (Phi) is 12.6. The smallest absolute Gasteiger partial charge is 0.460 e. The van der Waals surface area contributed by atoms with Gasteiger partial charge in [0.15, 0.2) is 0 Å². The molecular weight excluding hydrogens is 828 g/mol.